The molecule has 1 aliphatic rings. The highest BCUT2D eigenvalue weighted by molar-refractivity contribution is 7.12. The van der Waals surface area contributed by atoms with Crippen molar-refractivity contribution in [2.45, 2.75) is 5.92 Å². The number of pyridine rings is 1. The maximum Gasteiger partial charge on any atom is 0.241 e. The second-order valence-electron chi connectivity index (χ2n) is 3.71. The number of anilines is 1. The first-order valence-electron chi connectivity index (χ1n) is 5.11. The van der Waals surface area contributed by atoms with Crippen LogP contribution in [0, 0.1) is 0 Å². The fraction of sp³-hybridized carbons (Fsp3) is 0.0833. The van der Waals surface area contributed by atoms with Crippen molar-refractivity contribution in [2.75, 3.05) is 5.32 Å². The van der Waals surface area contributed by atoms with Gasteiger partial charge in [-0.1, -0.05) is 12.1 Å². The molecule has 1 atom stereocenters. The van der Waals surface area contributed by atoms with Crippen LogP contribution in [0.2, 0.25) is 0 Å². The fourth-order valence-electron chi connectivity index (χ4n) is 1.91. The molecule has 0 aliphatic carbocycles. The van der Waals surface area contributed by atoms with Crippen molar-refractivity contribution in [1.82, 2.24) is 4.98 Å². The van der Waals surface area contributed by atoms with E-state index in [9.17, 15) is 9.59 Å². The number of Topliss-reactive ketones (excluding diaryl/α,β-unsaturated/α-hetero) is 1. The predicted molar refractivity (Wildman–Crippen MR) is 64.3 cm³/mol. The standard InChI is InChI=1S/C12H8N2O2S/c15-10(8-4-2-6-17-8)9-7-3-1-5-13-11(7)14-12(9)16/h1-6,9H,(H,13,14,16). The number of ketones is 1. The third-order valence-corrected chi connectivity index (χ3v) is 3.56. The molecule has 0 spiro atoms. The van der Waals surface area contributed by atoms with Gasteiger partial charge in [-0.05, 0) is 17.5 Å². The molecule has 3 heterocycles. The van der Waals surface area contributed by atoms with E-state index in [0.717, 1.165) is 0 Å². The van der Waals surface area contributed by atoms with Crippen LogP contribution in [0.25, 0.3) is 0 Å². The van der Waals surface area contributed by atoms with Crippen LogP contribution in [0.15, 0.2) is 35.8 Å². The van der Waals surface area contributed by atoms with Crippen LogP contribution in [0.4, 0.5) is 5.82 Å². The molecule has 0 saturated carbocycles. The van der Waals surface area contributed by atoms with Crippen LogP contribution in [0.3, 0.4) is 0 Å². The number of carbonyl (C=O) groups excluding carboxylic acids is 2. The lowest BCUT2D eigenvalue weighted by Gasteiger charge is -2.04. The largest absolute Gasteiger partial charge is 0.310 e. The van der Waals surface area contributed by atoms with Gasteiger partial charge in [0.25, 0.3) is 0 Å². The van der Waals surface area contributed by atoms with Crippen LogP contribution in [0.5, 0.6) is 0 Å². The van der Waals surface area contributed by atoms with Gasteiger partial charge in [-0.25, -0.2) is 4.98 Å². The lowest BCUT2D eigenvalue weighted by molar-refractivity contribution is -0.116. The number of rotatable bonds is 2. The minimum atomic E-state index is -0.752. The highest BCUT2D eigenvalue weighted by atomic mass is 32.1. The van der Waals surface area contributed by atoms with Gasteiger partial charge in [-0.3, -0.25) is 9.59 Å². The number of fused-ring (bicyclic) bond motifs is 1. The maximum absolute atomic E-state index is 12.2. The molecule has 1 unspecified atom stereocenters. The van der Waals surface area contributed by atoms with Gasteiger partial charge >= 0.3 is 0 Å². The van der Waals surface area contributed by atoms with E-state index in [4.69, 9.17) is 0 Å². The van der Waals surface area contributed by atoms with E-state index in [-0.39, 0.29) is 11.7 Å². The van der Waals surface area contributed by atoms with Crippen molar-refractivity contribution in [2.24, 2.45) is 0 Å². The molecule has 0 radical (unpaired) electrons. The van der Waals surface area contributed by atoms with Gasteiger partial charge in [0.05, 0.1) is 4.88 Å². The Labute approximate surface area is 101 Å². The minimum absolute atomic E-state index is 0.163. The summed E-state index contributed by atoms with van der Waals surface area (Å²) in [5.41, 5.74) is 0.663. The summed E-state index contributed by atoms with van der Waals surface area (Å²) < 4.78 is 0. The molecule has 17 heavy (non-hydrogen) atoms. The van der Waals surface area contributed by atoms with Crippen LogP contribution in [-0.2, 0) is 4.79 Å². The summed E-state index contributed by atoms with van der Waals surface area (Å²) in [7, 11) is 0. The number of hydrogen-bond donors (Lipinski definition) is 1. The van der Waals surface area contributed by atoms with Gasteiger partial charge in [-0.2, -0.15) is 0 Å². The number of hydrogen-bond acceptors (Lipinski definition) is 4. The average Bonchev–Trinajstić information content (AvgIpc) is 2.94. The number of aromatic nitrogens is 1. The molecule has 0 bridgehead atoms. The summed E-state index contributed by atoms with van der Waals surface area (Å²) in [5, 5.41) is 4.45. The first-order valence-corrected chi connectivity index (χ1v) is 5.99. The molecular weight excluding hydrogens is 236 g/mol. The third kappa shape index (κ3) is 1.55. The number of nitrogens with one attached hydrogen (secondary N) is 1. The number of thiophene rings is 1. The molecule has 2 aromatic rings. The maximum atomic E-state index is 12.2. The average molecular weight is 244 g/mol. The quantitative estimate of drug-likeness (QED) is 0.649. The molecule has 84 valence electrons. The Bertz CT molecular complexity index is 592. The summed E-state index contributed by atoms with van der Waals surface area (Å²) in [4.78, 5) is 28.6. The van der Waals surface area contributed by atoms with E-state index in [1.165, 1.54) is 11.3 Å². The van der Waals surface area contributed by atoms with Crippen molar-refractivity contribution in [1.29, 1.82) is 0 Å². The Morgan fingerprint density at radius 1 is 1.35 bits per heavy atom. The Kier molecular flexibility index (Phi) is 2.26. The summed E-state index contributed by atoms with van der Waals surface area (Å²) in [6.07, 6.45) is 1.59. The summed E-state index contributed by atoms with van der Waals surface area (Å²) in [5.74, 6) is -0.717. The molecule has 0 fully saturated rings. The Morgan fingerprint density at radius 2 is 2.24 bits per heavy atom. The zero-order chi connectivity index (χ0) is 11.8. The lowest BCUT2D eigenvalue weighted by Crippen LogP contribution is -2.20. The summed E-state index contributed by atoms with van der Waals surface area (Å²) in [6, 6.07) is 7.02. The summed E-state index contributed by atoms with van der Waals surface area (Å²) >= 11 is 1.34. The van der Waals surface area contributed by atoms with Gasteiger partial charge in [0.2, 0.25) is 5.91 Å². The van der Waals surface area contributed by atoms with Gasteiger partial charge in [-0.15, -0.1) is 11.3 Å². The van der Waals surface area contributed by atoms with Crippen molar-refractivity contribution in [3.8, 4) is 0 Å². The van der Waals surface area contributed by atoms with E-state index in [2.05, 4.69) is 10.3 Å². The van der Waals surface area contributed by atoms with E-state index < -0.39 is 5.92 Å². The molecular formula is C12H8N2O2S. The fourth-order valence-corrected chi connectivity index (χ4v) is 2.60. The number of amides is 1. The molecule has 1 aliphatic heterocycles. The SMILES string of the molecule is O=C1Nc2ncccc2C1C(=O)c1cccs1. The van der Waals surface area contributed by atoms with Crippen LogP contribution >= 0.6 is 11.3 Å². The molecule has 0 aromatic carbocycles. The van der Waals surface area contributed by atoms with E-state index in [1.807, 2.05) is 5.38 Å². The van der Waals surface area contributed by atoms with Gasteiger partial charge in [0, 0.05) is 11.8 Å². The van der Waals surface area contributed by atoms with Crippen LogP contribution in [0.1, 0.15) is 21.2 Å². The number of carbonyl (C=O) groups is 2. The van der Waals surface area contributed by atoms with E-state index in [0.29, 0.717) is 16.3 Å². The Balaban J connectivity index is 2.04. The predicted octanol–water partition coefficient (Wildman–Crippen LogP) is 2.06. The van der Waals surface area contributed by atoms with E-state index >= 15 is 0 Å². The lowest BCUT2D eigenvalue weighted by atomic mass is 9.97. The van der Waals surface area contributed by atoms with E-state index in [1.54, 1.807) is 30.5 Å². The zero-order valence-electron chi connectivity index (χ0n) is 8.71. The smallest absolute Gasteiger partial charge is 0.241 e. The first-order chi connectivity index (χ1) is 8.27. The van der Waals surface area contributed by atoms with Crippen LogP contribution in [-0.4, -0.2) is 16.7 Å². The molecule has 1 amide bonds. The second kappa shape index (κ2) is 3.78. The molecule has 4 nitrogen and oxygen atoms in total. The molecule has 5 heteroatoms. The third-order valence-electron chi connectivity index (χ3n) is 2.68. The number of nitrogens with zero attached hydrogens (tertiary/aromatic N) is 1. The summed E-state index contributed by atoms with van der Waals surface area (Å²) in [6.45, 7) is 0. The zero-order valence-corrected chi connectivity index (χ0v) is 9.53. The Morgan fingerprint density at radius 3 is 3.00 bits per heavy atom. The monoisotopic (exact) mass is 244 g/mol. The van der Waals surface area contributed by atoms with Crippen molar-refractivity contribution in [3.63, 3.8) is 0 Å². The van der Waals surface area contributed by atoms with Crippen LogP contribution < -0.4 is 5.32 Å². The van der Waals surface area contributed by atoms with Gasteiger partial charge < -0.3 is 5.32 Å². The molecule has 1 N–H and O–H groups in total. The highest BCUT2D eigenvalue weighted by Gasteiger charge is 2.37. The highest BCUT2D eigenvalue weighted by Crippen LogP contribution is 2.33. The second-order valence-corrected chi connectivity index (χ2v) is 4.65. The molecule has 2 aromatic heterocycles. The topological polar surface area (TPSA) is 59.1 Å². The first kappa shape index (κ1) is 10.2. The minimum Gasteiger partial charge on any atom is -0.310 e. The molecule has 0 saturated heterocycles. The Hall–Kier alpha value is -2.01. The molecule has 3 rings (SSSR count). The van der Waals surface area contributed by atoms with Crippen molar-refractivity contribution in [3.05, 3.63) is 46.3 Å². The van der Waals surface area contributed by atoms with Crippen molar-refractivity contribution >= 4 is 28.8 Å². The normalized spacial score (nSPS) is 17.6. The van der Waals surface area contributed by atoms with Crippen molar-refractivity contribution < 1.29 is 9.59 Å². The van der Waals surface area contributed by atoms with Gasteiger partial charge in [0.1, 0.15) is 11.7 Å². The van der Waals surface area contributed by atoms with Gasteiger partial charge in [0.15, 0.2) is 5.78 Å².